The molecule has 0 saturated heterocycles. The highest BCUT2D eigenvalue weighted by Gasteiger charge is 2.33. The number of hydrogen-bond donors (Lipinski definition) is 0. The summed E-state index contributed by atoms with van der Waals surface area (Å²) in [6.07, 6.45) is 0. The molecule has 12 rings (SSSR count). The Balaban J connectivity index is 1.39. The van der Waals surface area contributed by atoms with Crippen LogP contribution in [0.15, 0.2) is 218 Å². The number of rotatable bonds is 7. The monoisotopic (exact) mass is 864 g/mol. The molecule has 0 N–H and O–H groups in total. The fourth-order valence-electron chi connectivity index (χ4n) is 10.1. The average Bonchev–Trinajstić information content (AvgIpc) is 3.92. The number of pyridine rings is 1. The van der Waals surface area contributed by atoms with Gasteiger partial charge in [0.25, 0.3) is 0 Å². The maximum atomic E-state index is 12.2. The molecule has 0 aliphatic carbocycles. The maximum Gasteiger partial charge on any atom is 0.101 e. The summed E-state index contributed by atoms with van der Waals surface area (Å²) in [4.78, 5) is 5.51. The van der Waals surface area contributed by atoms with E-state index in [1.165, 1.54) is 0 Å². The number of hydrogen-bond acceptors (Lipinski definition) is 4. The Bertz CT molecular complexity index is 4090. The van der Waals surface area contributed by atoms with Gasteiger partial charge in [0.05, 0.1) is 73.7 Å². The van der Waals surface area contributed by atoms with Crippen molar-refractivity contribution in [2.24, 2.45) is 0 Å². The van der Waals surface area contributed by atoms with Crippen molar-refractivity contribution in [2.45, 2.75) is 0 Å². The maximum absolute atomic E-state index is 12.2. The third-order valence-corrected chi connectivity index (χ3v) is 13.0. The van der Waals surface area contributed by atoms with Crippen LogP contribution in [0.4, 0.5) is 0 Å². The molecule has 12 aromatic rings. The Morgan fingerprint density at radius 2 is 0.765 bits per heavy atom. The first-order valence-corrected chi connectivity index (χ1v) is 22.4. The lowest BCUT2D eigenvalue weighted by atomic mass is 9.81. The summed E-state index contributed by atoms with van der Waals surface area (Å²) in [5.74, 6) is 0. The van der Waals surface area contributed by atoms with Crippen LogP contribution in [0.25, 0.3) is 111 Å². The van der Waals surface area contributed by atoms with Gasteiger partial charge in [-0.2, -0.15) is 15.8 Å². The van der Waals surface area contributed by atoms with E-state index in [2.05, 4.69) is 118 Å². The zero-order valence-electron chi connectivity index (χ0n) is 36.5. The van der Waals surface area contributed by atoms with Crippen molar-refractivity contribution >= 4 is 43.6 Å². The van der Waals surface area contributed by atoms with Crippen LogP contribution in [0.2, 0.25) is 0 Å². The van der Waals surface area contributed by atoms with Crippen LogP contribution in [0.3, 0.4) is 0 Å². The van der Waals surface area contributed by atoms with Crippen LogP contribution in [-0.2, 0) is 0 Å². The topological polar surface area (TPSA) is 94.1 Å². The van der Waals surface area contributed by atoms with Crippen molar-refractivity contribution < 1.29 is 0 Å². The lowest BCUT2D eigenvalue weighted by Crippen LogP contribution is -2.12. The van der Waals surface area contributed by atoms with Gasteiger partial charge in [0.15, 0.2) is 0 Å². The van der Waals surface area contributed by atoms with Gasteiger partial charge < -0.3 is 9.13 Å². The molecular formula is C62H36N6. The van der Waals surface area contributed by atoms with E-state index in [1.807, 2.05) is 127 Å². The van der Waals surface area contributed by atoms with Crippen molar-refractivity contribution in [3.05, 3.63) is 235 Å². The summed E-state index contributed by atoms with van der Waals surface area (Å²) in [6.45, 7) is 0. The smallest absolute Gasteiger partial charge is 0.101 e. The lowest BCUT2D eigenvalue weighted by Gasteiger charge is -2.28. The molecule has 0 unspecified atom stereocenters. The van der Waals surface area contributed by atoms with Crippen molar-refractivity contribution in [3.8, 4) is 85.5 Å². The van der Waals surface area contributed by atoms with Crippen molar-refractivity contribution in [1.29, 1.82) is 15.8 Å². The molecule has 0 atom stereocenters. The summed E-state index contributed by atoms with van der Waals surface area (Å²) >= 11 is 0. The highest BCUT2D eigenvalue weighted by atomic mass is 15.1. The SMILES string of the molecule is N#Cc1ccc2c(c1)c1ccccc1n2-c1c(-c2ccccc2)c(C#N)c(-c2ccc(-c3ccccc3)nc2-c2ccccc2)c(-c2ccccc2)c1-n1c2ccccc2c2cc(C#N)ccc21. The van der Waals surface area contributed by atoms with Crippen LogP contribution >= 0.6 is 0 Å². The Morgan fingerprint density at radius 1 is 0.338 bits per heavy atom. The number of nitriles is 3. The average molecular weight is 865 g/mol. The van der Waals surface area contributed by atoms with Crippen LogP contribution in [0.1, 0.15) is 16.7 Å². The second kappa shape index (κ2) is 16.3. The molecule has 0 saturated carbocycles. The molecule has 0 bridgehead atoms. The quantitative estimate of drug-likeness (QED) is 0.159. The number of nitrogens with zero attached hydrogens (tertiary/aromatic N) is 6. The van der Waals surface area contributed by atoms with Crippen molar-refractivity contribution in [2.75, 3.05) is 0 Å². The molecule has 9 aromatic carbocycles. The summed E-state index contributed by atoms with van der Waals surface area (Å²) in [6, 6.07) is 81.1. The minimum Gasteiger partial charge on any atom is -0.307 e. The van der Waals surface area contributed by atoms with E-state index in [4.69, 9.17) is 4.98 Å². The molecular weight excluding hydrogens is 829 g/mol. The Morgan fingerprint density at radius 3 is 1.26 bits per heavy atom. The van der Waals surface area contributed by atoms with Crippen molar-refractivity contribution in [3.63, 3.8) is 0 Å². The molecule has 6 nitrogen and oxygen atoms in total. The van der Waals surface area contributed by atoms with Gasteiger partial charge in [-0.15, -0.1) is 0 Å². The molecule has 3 aromatic heterocycles. The van der Waals surface area contributed by atoms with Gasteiger partial charge in [0.2, 0.25) is 0 Å². The summed E-state index contributed by atoms with van der Waals surface area (Å²) in [7, 11) is 0. The first-order valence-electron chi connectivity index (χ1n) is 22.4. The molecule has 3 heterocycles. The van der Waals surface area contributed by atoms with Gasteiger partial charge >= 0.3 is 0 Å². The van der Waals surface area contributed by atoms with Gasteiger partial charge in [-0.25, -0.2) is 4.98 Å². The third-order valence-electron chi connectivity index (χ3n) is 13.0. The second-order valence-electron chi connectivity index (χ2n) is 16.8. The molecule has 0 radical (unpaired) electrons. The fourth-order valence-corrected chi connectivity index (χ4v) is 10.1. The van der Waals surface area contributed by atoms with Crippen LogP contribution in [0, 0.1) is 34.0 Å². The number of fused-ring (bicyclic) bond motifs is 6. The molecule has 6 heteroatoms. The van der Waals surface area contributed by atoms with Gasteiger partial charge in [-0.3, -0.25) is 0 Å². The second-order valence-corrected chi connectivity index (χ2v) is 16.8. The van der Waals surface area contributed by atoms with E-state index in [0.29, 0.717) is 16.7 Å². The Labute approximate surface area is 392 Å². The fraction of sp³-hybridized carbons (Fsp3) is 0. The molecule has 0 spiro atoms. The molecule has 0 aliphatic rings. The van der Waals surface area contributed by atoms with Gasteiger partial charge in [0, 0.05) is 54.9 Å². The standard InChI is InChI=1S/C62H36N6/c63-37-40-29-33-55-49(35-40)46-25-13-15-27-53(46)67(55)61-57(43-19-7-2-8-20-43)51(39-65)59(48-31-32-52(42-17-5-1-6-18-42)66-60(48)45-23-11-4-12-24-45)58(44-21-9-3-10-22-44)62(61)68-54-28-16-14-26-47(54)50-36-41(38-64)30-34-56(50)68/h1-36H. The van der Waals surface area contributed by atoms with Gasteiger partial charge in [0.1, 0.15) is 6.07 Å². The van der Waals surface area contributed by atoms with Crippen LogP contribution < -0.4 is 0 Å². The van der Waals surface area contributed by atoms with E-state index < -0.39 is 0 Å². The lowest BCUT2D eigenvalue weighted by molar-refractivity contribution is 1.10. The summed E-state index contributed by atoms with van der Waals surface area (Å²) < 4.78 is 4.62. The predicted octanol–water partition coefficient (Wildman–Crippen LogP) is 15.2. The predicted molar refractivity (Wildman–Crippen MR) is 274 cm³/mol. The highest BCUT2D eigenvalue weighted by Crippen LogP contribution is 2.53. The van der Waals surface area contributed by atoms with E-state index in [0.717, 1.165) is 111 Å². The summed E-state index contributed by atoms with van der Waals surface area (Å²) in [5, 5.41) is 36.5. The number of benzene rings is 9. The molecule has 314 valence electrons. The van der Waals surface area contributed by atoms with Crippen LogP contribution in [0.5, 0.6) is 0 Å². The number of para-hydroxylation sites is 2. The summed E-state index contributed by atoms with van der Waals surface area (Å²) in [5.41, 5.74) is 15.1. The normalized spacial score (nSPS) is 11.2. The first kappa shape index (κ1) is 39.8. The van der Waals surface area contributed by atoms with E-state index >= 15 is 0 Å². The molecule has 68 heavy (non-hydrogen) atoms. The first-order chi connectivity index (χ1) is 33.6. The van der Waals surface area contributed by atoms with E-state index in [-0.39, 0.29) is 0 Å². The molecule has 0 amide bonds. The molecule has 0 aliphatic heterocycles. The minimum absolute atomic E-state index is 0.479. The zero-order chi connectivity index (χ0) is 45.7. The third kappa shape index (κ3) is 6.27. The van der Waals surface area contributed by atoms with Gasteiger partial charge in [-0.1, -0.05) is 158 Å². The number of aromatic nitrogens is 3. The van der Waals surface area contributed by atoms with E-state index in [1.54, 1.807) is 0 Å². The van der Waals surface area contributed by atoms with Crippen LogP contribution in [-0.4, -0.2) is 14.1 Å². The Kier molecular flexibility index (Phi) is 9.55. The highest BCUT2D eigenvalue weighted by molar-refractivity contribution is 6.16. The van der Waals surface area contributed by atoms with Crippen molar-refractivity contribution in [1.82, 2.24) is 14.1 Å². The Hall–Kier alpha value is -9.80. The largest absolute Gasteiger partial charge is 0.307 e. The minimum atomic E-state index is 0.479. The zero-order valence-corrected chi connectivity index (χ0v) is 36.5. The van der Waals surface area contributed by atoms with Gasteiger partial charge in [-0.05, 0) is 71.8 Å². The van der Waals surface area contributed by atoms with E-state index in [9.17, 15) is 15.8 Å². The molecule has 0 fully saturated rings.